The smallest absolute Gasteiger partial charge is 0.275 e. The Kier molecular flexibility index (Phi) is 5.31. The monoisotopic (exact) mass is 459 g/mol. The highest BCUT2D eigenvalue weighted by Crippen LogP contribution is 2.33. The Morgan fingerprint density at radius 3 is 2.68 bits per heavy atom. The largest absolute Gasteiger partial charge is 0.489 e. The number of hydrogen-bond acceptors (Lipinski definition) is 5. The summed E-state index contributed by atoms with van der Waals surface area (Å²) in [5, 5.41) is 4.62. The van der Waals surface area contributed by atoms with E-state index in [2.05, 4.69) is 5.10 Å². The zero-order valence-electron chi connectivity index (χ0n) is 19.0. The average Bonchev–Trinajstić information content (AvgIpc) is 3.09. The number of hydrogen-bond donors (Lipinski definition) is 1. The van der Waals surface area contributed by atoms with Crippen molar-refractivity contribution in [3.05, 3.63) is 76.6 Å². The van der Waals surface area contributed by atoms with Crippen molar-refractivity contribution in [1.29, 1.82) is 0 Å². The molecule has 0 saturated carbocycles. The predicted molar refractivity (Wildman–Crippen MR) is 125 cm³/mol. The van der Waals surface area contributed by atoms with E-state index in [1.54, 1.807) is 24.1 Å². The van der Waals surface area contributed by atoms with Crippen molar-refractivity contribution in [1.82, 2.24) is 14.7 Å². The van der Waals surface area contributed by atoms with E-state index in [4.69, 9.17) is 10.5 Å². The molecule has 2 aliphatic rings. The first kappa shape index (κ1) is 21.7. The molecule has 5 rings (SSSR count). The first-order valence-electron chi connectivity index (χ1n) is 11.1. The van der Waals surface area contributed by atoms with Crippen LogP contribution in [0.15, 0.2) is 48.5 Å². The van der Waals surface area contributed by atoms with Gasteiger partial charge in [0.05, 0.1) is 12.2 Å². The van der Waals surface area contributed by atoms with Gasteiger partial charge in [-0.3, -0.25) is 19.1 Å². The lowest BCUT2D eigenvalue weighted by molar-refractivity contribution is -0.123. The number of likely N-dealkylation sites (N-methyl/N-ethyl adjacent to an activating group) is 1. The summed E-state index contributed by atoms with van der Waals surface area (Å²) in [6.45, 7) is 2.90. The molecule has 0 aliphatic carbocycles. The summed E-state index contributed by atoms with van der Waals surface area (Å²) in [5.74, 6) is -0.748. The van der Waals surface area contributed by atoms with Gasteiger partial charge >= 0.3 is 0 Å². The highest BCUT2D eigenvalue weighted by atomic mass is 16.5. The van der Waals surface area contributed by atoms with Crippen molar-refractivity contribution in [2.45, 2.75) is 25.9 Å². The van der Waals surface area contributed by atoms with Crippen LogP contribution in [-0.4, -0.2) is 58.6 Å². The molecule has 3 amide bonds. The molecule has 0 spiro atoms. The van der Waals surface area contributed by atoms with Gasteiger partial charge in [-0.1, -0.05) is 30.3 Å². The quantitative estimate of drug-likeness (QED) is 0.639. The minimum absolute atomic E-state index is 0.0246. The molecule has 1 atom stereocenters. The number of nitrogens with zero attached hydrogens (tertiary/aromatic N) is 4. The maximum Gasteiger partial charge on any atom is 0.275 e. The summed E-state index contributed by atoms with van der Waals surface area (Å²) >= 11 is 0. The Morgan fingerprint density at radius 1 is 1.18 bits per heavy atom. The van der Waals surface area contributed by atoms with Crippen LogP contribution in [0.2, 0.25) is 0 Å². The number of rotatable bonds is 4. The number of benzene rings is 2. The number of aromatic nitrogens is 2. The summed E-state index contributed by atoms with van der Waals surface area (Å²) in [6.07, 6.45) is 0.605. The van der Waals surface area contributed by atoms with Crippen molar-refractivity contribution in [3.8, 4) is 5.75 Å². The maximum absolute atomic E-state index is 13.5. The Hall–Kier alpha value is -4.14. The number of ether oxygens (including phenoxy) is 1. The van der Waals surface area contributed by atoms with Gasteiger partial charge in [0.2, 0.25) is 5.91 Å². The molecule has 34 heavy (non-hydrogen) atoms. The molecule has 2 N–H and O–H groups in total. The second kappa shape index (κ2) is 8.33. The zero-order valence-corrected chi connectivity index (χ0v) is 19.0. The molecule has 3 aromatic rings. The molecule has 1 aromatic heterocycles. The number of amides is 3. The van der Waals surface area contributed by atoms with Gasteiger partial charge in [0, 0.05) is 30.4 Å². The third kappa shape index (κ3) is 3.59. The molecule has 0 bridgehead atoms. The van der Waals surface area contributed by atoms with Crippen LogP contribution in [0.4, 0.5) is 5.69 Å². The van der Waals surface area contributed by atoms with E-state index in [-0.39, 0.29) is 24.0 Å². The van der Waals surface area contributed by atoms with Crippen LogP contribution < -0.4 is 15.4 Å². The standard InChI is InChI=1S/C25H25N5O4/c1-15-18-10-11-29(25(33)22(18)27-30(15)13-16-6-4-3-5-7-16)20-14-34-21-12-17(23(26)31)8-9-19(21)28(2)24(20)32/h3-9,12,20H,10-11,13-14H2,1-2H3,(H2,26,31)/t20-/m0/s1. The average molecular weight is 460 g/mol. The van der Waals surface area contributed by atoms with Gasteiger partial charge in [0.1, 0.15) is 18.4 Å². The van der Waals surface area contributed by atoms with Crippen LogP contribution in [0.5, 0.6) is 5.75 Å². The van der Waals surface area contributed by atoms with Gasteiger partial charge in [-0.2, -0.15) is 5.10 Å². The maximum atomic E-state index is 13.5. The van der Waals surface area contributed by atoms with Gasteiger partial charge < -0.3 is 20.3 Å². The predicted octanol–water partition coefficient (Wildman–Crippen LogP) is 1.76. The van der Waals surface area contributed by atoms with Gasteiger partial charge in [0.15, 0.2) is 5.69 Å². The number of anilines is 1. The summed E-state index contributed by atoms with van der Waals surface area (Å²) in [5.41, 5.74) is 9.54. The second-order valence-corrected chi connectivity index (χ2v) is 8.58. The Balaban J connectivity index is 1.41. The Bertz CT molecular complexity index is 1300. The van der Waals surface area contributed by atoms with Crippen molar-refractivity contribution in [2.24, 2.45) is 5.73 Å². The third-order valence-corrected chi connectivity index (χ3v) is 6.57. The number of carbonyl (C=O) groups is 3. The number of carbonyl (C=O) groups excluding carboxylic acids is 3. The number of nitrogens with two attached hydrogens (primary N) is 1. The minimum Gasteiger partial charge on any atom is -0.489 e. The van der Waals surface area contributed by atoms with Crippen molar-refractivity contribution >= 4 is 23.4 Å². The normalized spacial score (nSPS) is 17.6. The molecule has 9 heteroatoms. The molecular weight excluding hydrogens is 434 g/mol. The second-order valence-electron chi connectivity index (χ2n) is 8.58. The lowest BCUT2D eigenvalue weighted by Crippen LogP contribution is -2.54. The first-order chi connectivity index (χ1) is 16.3. The summed E-state index contributed by atoms with van der Waals surface area (Å²) in [4.78, 5) is 41.4. The lowest BCUT2D eigenvalue weighted by atomic mass is 10.0. The topological polar surface area (TPSA) is 111 Å². The van der Waals surface area contributed by atoms with Crippen LogP contribution in [-0.2, 0) is 17.8 Å². The van der Waals surface area contributed by atoms with Gasteiger partial charge in [-0.15, -0.1) is 0 Å². The molecule has 9 nitrogen and oxygen atoms in total. The Labute approximate surface area is 196 Å². The molecule has 3 heterocycles. The third-order valence-electron chi connectivity index (χ3n) is 6.57. The van der Waals surface area contributed by atoms with Crippen LogP contribution in [0.25, 0.3) is 0 Å². The van der Waals surface area contributed by atoms with Gasteiger partial charge in [0.25, 0.3) is 11.8 Å². The molecule has 2 aromatic carbocycles. The zero-order chi connectivity index (χ0) is 24.0. The van der Waals surface area contributed by atoms with E-state index in [9.17, 15) is 14.4 Å². The summed E-state index contributed by atoms with van der Waals surface area (Å²) < 4.78 is 7.75. The fourth-order valence-electron chi connectivity index (χ4n) is 4.60. The highest BCUT2D eigenvalue weighted by Gasteiger charge is 2.40. The van der Waals surface area contributed by atoms with E-state index in [0.717, 1.165) is 16.8 Å². The molecule has 0 radical (unpaired) electrons. The van der Waals surface area contributed by atoms with E-state index in [1.807, 2.05) is 41.9 Å². The highest BCUT2D eigenvalue weighted by molar-refractivity contribution is 6.04. The molecule has 174 valence electrons. The SMILES string of the molecule is Cc1c2c(nn1Cc1ccccc1)C(=O)N([C@H]1COc3cc(C(N)=O)ccc3N(C)C1=O)CC2. The fourth-order valence-corrected chi connectivity index (χ4v) is 4.60. The van der Waals surface area contributed by atoms with E-state index in [1.165, 1.54) is 11.0 Å². The molecule has 0 saturated heterocycles. The summed E-state index contributed by atoms with van der Waals surface area (Å²) in [6, 6.07) is 13.8. The first-order valence-corrected chi connectivity index (χ1v) is 11.1. The van der Waals surface area contributed by atoms with Crippen LogP contribution in [0.3, 0.4) is 0 Å². The van der Waals surface area contributed by atoms with Crippen LogP contribution >= 0.6 is 0 Å². The van der Waals surface area contributed by atoms with Crippen molar-refractivity contribution < 1.29 is 19.1 Å². The summed E-state index contributed by atoms with van der Waals surface area (Å²) in [7, 11) is 1.63. The fraction of sp³-hybridized carbons (Fsp3) is 0.280. The molecule has 0 fully saturated rings. The van der Waals surface area contributed by atoms with Crippen molar-refractivity contribution in [3.63, 3.8) is 0 Å². The molecule has 2 aliphatic heterocycles. The molecule has 0 unspecified atom stereocenters. The molecular formula is C25H25N5O4. The van der Waals surface area contributed by atoms with E-state index < -0.39 is 11.9 Å². The van der Waals surface area contributed by atoms with Crippen LogP contribution in [0.1, 0.15) is 37.7 Å². The number of primary amides is 1. The van der Waals surface area contributed by atoms with Gasteiger partial charge in [-0.05, 0) is 37.1 Å². The van der Waals surface area contributed by atoms with Crippen molar-refractivity contribution in [2.75, 3.05) is 25.1 Å². The number of fused-ring (bicyclic) bond motifs is 2. The van der Waals surface area contributed by atoms with Gasteiger partial charge in [-0.25, -0.2) is 0 Å². The van der Waals surface area contributed by atoms with Crippen LogP contribution in [0, 0.1) is 6.92 Å². The minimum atomic E-state index is -0.811. The lowest BCUT2D eigenvalue weighted by Gasteiger charge is -2.33. The Morgan fingerprint density at radius 2 is 1.94 bits per heavy atom. The van der Waals surface area contributed by atoms with E-state index in [0.29, 0.717) is 36.6 Å². The van der Waals surface area contributed by atoms with E-state index >= 15 is 0 Å².